The summed E-state index contributed by atoms with van der Waals surface area (Å²) in [5, 5.41) is 7.26. The van der Waals surface area contributed by atoms with Gasteiger partial charge in [0.1, 0.15) is 5.76 Å². The summed E-state index contributed by atoms with van der Waals surface area (Å²) in [5.74, 6) is 0.448. The van der Waals surface area contributed by atoms with Gasteiger partial charge in [0, 0.05) is 23.6 Å². The molecule has 1 aliphatic heterocycles. The zero-order valence-electron chi connectivity index (χ0n) is 15.1. The molecule has 138 valence electrons. The molecular weight excluding hydrogens is 354 g/mol. The van der Waals surface area contributed by atoms with Crippen molar-refractivity contribution in [3.8, 4) is 0 Å². The fourth-order valence-electron chi connectivity index (χ4n) is 3.48. The highest BCUT2D eigenvalue weighted by Crippen LogP contribution is 2.37. The van der Waals surface area contributed by atoms with Crippen molar-refractivity contribution in [1.82, 2.24) is 10.1 Å². The van der Waals surface area contributed by atoms with E-state index in [2.05, 4.69) is 10.5 Å². The first-order valence-electron chi connectivity index (χ1n) is 8.75. The summed E-state index contributed by atoms with van der Waals surface area (Å²) in [4.78, 5) is 26.9. The van der Waals surface area contributed by atoms with Gasteiger partial charge in [0.2, 0.25) is 5.91 Å². The maximum absolute atomic E-state index is 13.3. The normalized spacial score (nSPS) is 16.8. The molecule has 3 rings (SSSR count). The van der Waals surface area contributed by atoms with Crippen LogP contribution in [0.3, 0.4) is 0 Å². The topological polar surface area (TPSA) is 75.4 Å². The molecule has 1 saturated heterocycles. The van der Waals surface area contributed by atoms with E-state index in [-0.39, 0.29) is 17.9 Å². The second kappa shape index (κ2) is 7.50. The lowest BCUT2D eigenvalue weighted by Crippen LogP contribution is -2.32. The minimum absolute atomic E-state index is 0.0702. The minimum atomic E-state index is -0.162. The lowest BCUT2D eigenvalue weighted by atomic mass is 10.0. The predicted octanol–water partition coefficient (Wildman–Crippen LogP) is 4.27. The maximum Gasteiger partial charge on any atom is 0.256 e. The van der Waals surface area contributed by atoms with Crippen molar-refractivity contribution in [2.45, 2.75) is 46.1 Å². The van der Waals surface area contributed by atoms with E-state index in [0.717, 1.165) is 29.9 Å². The van der Waals surface area contributed by atoms with E-state index in [1.54, 1.807) is 25.1 Å². The van der Waals surface area contributed by atoms with Crippen LogP contribution in [0.25, 0.3) is 0 Å². The standard InChI is InChI=1S/C19H22ClN3O3/c1-4-17(24)21-15-10-13(20)7-8-14(15)19(25)23-9-5-6-16(23)18-11(2)22-26-12(18)3/h7-8,10,16H,4-6,9H2,1-3H3,(H,21,24)/t16-/m1/s1. The van der Waals surface area contributed by atoms with Gasteiger partial charge >= 0.3 is 0 Å². The first-order chi connectivity index (χ1) is 12.4. The van der Waals surface area contributed by atoms with Gasteiger partial charge in [-0.15, -0.1) is 0 Å². The summed E-state index contributed by atoms with van der Waals surface area (Å²) in [6.07, 6.45) is 2.09. The number of benzene rings is 1. The van der Waals surface area contributed by atoms with Crippen LogP contribution in [0.5, 0.6) is 0 Å². The first-order valence-corrected chi connectivity index (χ1v) is 9.13. The Bertz CT molecular complexity index is 827. The summed E-state index contributed by atoms with van der Waals surface area (Å²) in [6, 6.07) is 4.87. The van der Waals surface area contributed by atoms with Gasteiger partial charge in [0.15, 0.2) is 0 Å². The SMILES string of the molecule is CCC(=O)Nc1cc(Cl)ccc1C(=O)N1CCC[C@@H]1c1c(C)noc1C. The molecule has 1 N–H and O–H groups in total. The Morgan fingerprint density at radius 1 is 1.38 bits per heavy atom. The third-order valence-electron chi connectivity index (χ3n) is 4.74. The van der Waals surface area contributed by atoms with Crippen LogP contribution in [0.1, 0.15) is 59.6 Å². The number of amides is 2. The van der Waals surface area contributed by atoms with Crippen molar-refractivity contribution in [3.63, 3.8) is 0 Å². The molecule has 2 aromatic rings. The maximum atomic E-state index is 13.3. The van der Waals surface area contributed by atoms with Crippen LogP contribution in [0.4, 0.5) is 5.69 Å². The van der Waals surface area contributed by atoms with E-state index < -0.39 is 0 Å². The molecule has 1 aromatic heterocycles. The fraction of sp³-hybridized carbons (Fsp3) is 0.421. The largest absolute Gasteiger partial charge is 0.361 e. The van der Waals surface area contributed by atoms with Gasteiger partial charge in [-0.25, -0.2) is 0 Å². The number of hydrogen-bond acceptors (Lipinski definition) is 4. The van der Waals surface area contributed by atoms with Gasteiger partial charge in [-0.3, -0.25) is 9.59 Å². The van der Waals surface area contributed by atoms with E-state index in [9.17, 15) is 9.59 Å². The second-order valence-corrected chi connectivity index (χ2v) is 6.92. The molecule has 1 fully saturated rings. The predicted molar refractivity (Wildman–Crippen MR) is 99.4 cm³/mol. The van der Waals surface area contributed by atoms with Crippen LogP contribution in [-0.4, -0.2) is 28.4 Å². The number of hydrogen-bond donors (Lipinski definition) is 1. The van der Waals surface area contributed by atoms with Crippen LogP contribution >= 0.6 is 11.6 Å². The molecule has 2 amide bonds. The zero-order valence-corrected chi connectivity index (χ0v) is 15.9. The number of halogens is 1. The second-order valence-electron chi connectivity index (χ2n) is 6.49. The average molecular weight is 376 g/mol. The van der Waals surface area contributed by atoms with Gasteiger partial charge in [-0.05, 0) is 44.9 Å². The molecule has 1 atom stereocenters. The van der Waals surface area contributed by atoms with Crippen LogP contribution in [0.15, 0.2) is 22.7 Å². The molecule has 0 aliphatic carbocycles. The summed E-state index contributed by atoms with van der Waals surface area (Å²) >= 11 is 6.06. The number of aryl methyl sites for hydroxylation is 2. The summed E-state index contributed by atoms with van der Waals surface area (Å²) in [7, 11) is 0. The molecule has 0 spiro atoms. The van der Waals surface area contributed by atoms with Gasteiger partial charge in [0.25, 0.3) is 5.91 Å². The summed E-state index contributed by atoms with van der Waals surface area (Å²) < 4.78 is 5.29. The van der Waals surface area contributed by atoms with E-state index in [1.807, 2.05) is 18.7 Å². The van der Waals surface area contributed by atoms with Gasteiger partial charge in [0.05, 0.1) is 23.0 Å². The molecule has 0 saturated carbocycles. The highest BCUT2D eigenvalue weighted by Gasteiger charge is 2.35. The molecule has 1 aromatic carbocycles. The summed E-state index contributed by atoms with van der Waals surface area (Å²) in [6.45, 7) is 6.17. The molecule has 1 aliphatic rings. The number of carbonyl (C=O) groups is 2. The third-order valence-corrected chi connectivity index (χ3v) is 4.98. The van der Waals surface area contributed by atoms with Crippen molar-refractivity contribution in [2.24, 2.45) is 0 Å². The molecular formula is C19H22ClN3O3. The van der Waals surface area contributed by atoms with E-state index in [0.29, 0.717) is 29.2 Å². The Hall–Kier alpha value is -2.34. The lowest BCUT2D eigenvalue weighted by Gasteiger charge is -2.26. The highest BCUT2D eigenvalue weighted by molar-refractivity contribution is 6.31. The lowest BCUT2D eigenvalue weighted by molar-refractivity contribution is -0.115. The van der Waals surface area contributed by atoms with Crippen LogP contribution < -0.4 is 5.32 Å². The molecule has 6 nitrogen and oxygen atoms in total. The van der Waals surface area contributed by atoms with Crippen molar-refractivity contribution in [2.75, 3.05) is 11.9 Å². The Labute approximate surface area is 157 Å². The Kier molecular flexibility index (Phi) is 5.32. The number of aromatic nitrogens is 1. The number of anilines is 1. The molecule has 26 heavy (non-hydrogen) atoms. The van der Waals surface area contributed by atoms with E-state index in [1.165, 1.54) is 0 Å². The number of carbonyl (C=O) groups excluding carboxylic acids is 2. The Balaban J connectivity index is 1.95. The monoisotopic (exact) mass is 375 g/mol. The van der Waals surface area contributed by atoms with Crippen molar-refractivity contribution in [3.05, 3.63) is 45.8 Å². The quantitative estimate of drug-likeness (QED) is 0.865. The van der Waals surface area contributed by atoms with E-state index in [4.69, 9.17) is 16.1 Å². The van der Waals surface area contributed by atoms with Crippen molar-refractivity contribution in [1.29, 1.82) is 0 Å². The number of likely N-dealkylation sites (tertiary alicyclic amines) is 1. The first kappa shape index (κ1) is 18.5. The van der Waals surface area contributed by atoms with Crippen LogP contribution in [0, 0.1) is 13.8 Å². The van der Waals surface area contributed by atoms with Crippen LogP contribution in [0.2, 0.25) is 5.02 Å². The fourth-order valence-corrected chi connectivity index (χ4v) is 3.65. The Morgan fingerprint density at radius 2 is 2.15 bits per heavy atom. The molecule has 7 heteroatoms. The third kappa shape index (κ3) is 3.46. The zero-order chi connectivity index (χ0) is 18.8. The van der Waals surface area contributed by atoms with E-state index >= 15 is 0 Å². The summed E-state index contributed by atoms with van der Waals surface area (Å²) in [5.41, 5.74) is 2.67. The Morgan fingerprint density at radius 3 is 2.81 bits per heavy atom. The van der Waals surface area contributed by atoms with Gasteiger partial charge in [-0.1, -0.05) is 23.7 Å². The number of nitrogens with one attached hydrogen (secondary N) is 1. The molecule has 2 heterocycles. The van der Waals surface area contributed by atoms with Gasteiger partial charge < -0.3 is 14.7 Å². The van der Waals surface area contributed by atoms with Gasteiger partial charge in [-0.2, -0.15) is 0 Å². The molecule has 0 radical (unpaired) electrons. The average Bonchev–Trinajstić information content (AvgIpc) is 3.20. The molecule has 0 bridgehead atoms. The van der Waals surface area contributed by atoms with Crippen LogP contribution in [-0.2, 0) is 4.79 Å². The minimum Gasteiger partial charge on any atom is -0.361 e. The highest BCUT2D eigenvalue weighted by atomic mass is 35.5. The number of rotatable bonds is 4. The molecule has 0 unspecified atom stereocenters. The number of nitrogens with zero attached hydrogens (tertiary/aromatic N) is 2. The van der Waals surface area contributed by atoms with Crippen molar-refractivity contribution >= 4 is 29.1 Å². The smallest absolute Gasteiger partial charge is 0.256 e. The van der Waals surface area contributed by atoms with Crippen molar-refractivity contribution < 1.29 is 14.1 Å².